The van der Waals surface area contributed by atoms with Crippen molar-refractivity contribution in [2.45, 2.75) is 36.3 Å². The minimum atomic E-state index is -4.72. The molecule has 2 aromatic carbocycles. The molecular weight excluding hydrogens is 472 g/mol. The van der Waals surface area contributed by atoms with Crippen LogP contribution in [0.2, 0.25) is 0 Å². The third kappa shape index (κ3) is 5.19. The lowest BCUT2D eigenvalue weighted by molar-refractivity contribution is -0.149. The Morgan fingerprint density at radius 2 is 1.76 bits per heavy atom. The molecular formula is C23H21F2NO7S. The highest BCUT2D eigenvalue weighted by Crippen LogP contribution is 2.34. The molecule has 0 saturated heterocycles. The number of benzene rings is 2. The Morgan fingerprint density at radius 1 is 1.03 bits per heavy atom. The molecule has 0 atom stereocenters. The molecule has 1 N–H and O–H groups in total. The number of anilines is 1. The Morgan fingerprint density at radius 3 is 2.50 bits per heavy atom. The van der Waals surface area contributed by atoms with E-state index in [1.165, 1.54) is 5.56 Å². The number of furan rings is 1. The van der Waals surface area contributed by atoms with Crippen molar-refractivity contribution in [2.24, 2.45) is 0 Å². The van der Waals surface area contributed by atoms with Gasteiger partial charge in [0.1, 0.15) is 17.1 Å². The van der Waals surface area contributed by atoms with Gasteiger partial charge in [-0.2, -0.15) is 8.78 Å². The summed E-state index contributed by atoms with van der Waals surface area (Å²) in [4.78, 5) is 23.3. The standard InChI is InChI=1S/C23H21F2NO7S/c24-23(25)34(29,30)16-8-5-14(6-9-16)26-21(27)12-32-22(28)13-31-15-7-10-20-18(11-15)17-3-1-2-4-19(17)33-20/h5-11,23H,1-4,12-13H2,(H,26,27). The maximum atomic E-state index is 12.6. The lowest BCUT2D eigenvalue weighted by atomic mass is 9.96. The van der Waals surface area contributed by atoms with Crippen molar-refractivity contribution < 1.29 is 40.7 Å². The summed E-state index contributed by atoms with van der Waals surface area (Å²) in [6.07, 6.45) is 4.04. The van der Waals surface area contributed by atoms with Gasteiger partial charge in [-0.3, -0.25) is 4.79 Å². The molecule has 0 radical (unpaired) electrons. The van der Waals surface area contributed by atoms with Crippen LogP contribution in [0.3, 0.4) is 0 Å². The molecule has 1 aliphatic carbocycles. The molecule has 0 bridgehead atoms. The first-order valence-corrected chi connectivity index (χ1v) is 12.0. The summed E-state index contributed by atoms with van der Waals surface area (Å²) in [7, 11) is -4.72. The maximum Gasteiger partial charge on any atom is 0.344 e. The van der Waals surface area contributed by atoms with Crippen molar-refractivity contribution in [3.63, 3.8) is 0 Å². The van der Waals surface area contributed by atoms with Gasteiger partial charge in [0.25, 0.3) is 5.91 Å². The fourth-order valence-corrected chi connectivity index (χ4v) is 4.41. The van der Waals surface area contributed by atoms with Gasteiger partial charge in [0.15, 0.2) is 13.2 Å². The molecule has 0 spiro atoms. The van der Waals surface area contributed by atoms with E-state index in [2.05, 4.69) is 5.32 Å². The second-order valence-electron chi connectivity index (χ2n) is 7.70. The zero-order chi connectivity index (χ0) is 24.3. The Hall–Kier alpha value is -3.47. The van der Waals surface area contributed by atoms with Gasteiger partial charge in [-0.05, 0) is 61.7 Å². The summed E-state index contributed by atoms with van der Waals surface area (Å²) >= 11 is 0. The van der Waals surface area contributed by atoms with E-state index in [-0.39, 0.29) is 5.69 Å². The Labute approximate surface area is 193 Å². The zero-order valence-electron chi connectivity index (χ0n) is 17.9. The van der Waals surface area contributed by atoms with Crippen molar-refractivity contribution in [2.75, 3.05) is 18.5 Å². The molecule has 8 nitrogen and oxygen atoms in total. The number of sulfone groups is 1. The summed E-state index contributed by atoms with van der Waals surface area (Å²) in [6.45, 7) is -1.01. The molecule has 1 aliphatic rings. The van der Waals surface area contributed by atoms with Gasteiger partial charge in [-0.1, -0.05) is 0 Å². The molecule has 1 heterocycles. The molecule has 180 valence electrons. The third-order valence-electron chi connectivity index (χ3n) is 5.35. The van der Waals surface area contributed by atoms with E-state index in [1.54, 1.807) is 12.1 Å². The second kappa shape index (κ2) is 9.80. The Kier molecular flexibility index (Phi) is 6.82. The van der Waals surface area contributed by atoms with Crippen LogP contribution in [0.1, 0.15) is 24.2 Å². The summed E-state index contributed by atoms with van der Waals surface area (Å²) in [5.74, 6) is -3.52. The number of nitrogens with one attached hydrogen (secondary N) is 1. The molecule has 0 saturated carbocycles. The molecule has 0 aliphatic heterocycles. The summed E-state index contributed by atoms with van der Waals surface area (Å²) < 4.78 is 64.2. The smallest absolute Gasteiger partial charge is 0.344 e. The highest BCUT2D eigenvalue weighted by atomic mass is 32.2. The zero-order valence-corrected chi connectivity index (χ0v) is 18.7. The van der Waals surface area contributed by atoms with Crippen molar-refractivity contribution in [3.05, 3.63) is 53.8 Å². The van der Waals surface area contributed by atoms with Gasteiger partial charge in [-0.15, -0.1) is 0 Å². The van der Waals surface area contributed by atoms with Gasteiger partial charge >= 0.3 is 11.7 Å². The fraction of sp³-hybridized carbons (Fsp3) is 0.304. The minimum absolute atomic E-state index is 0.155. The number of fused-ring (bicyclic) bond motifs is 3. The first-order valence-electron chi connectivity index (χ1n) is 10.5. The first-order chi connectivity index (χ1) is 16.2. The van der Waals surface area contributed by atoms with Gasteiger partial charge in [-0.25, -0.2) is 13.2 Å². The number of esters is 1. The monoisotopic (exact) mass is 493 g/mol. The SMILES string of the molecule is O=C(COC(=O)COc1ccc2oc3c(c2c1)CCCC3)Nc1ccc(S(=O)(=O)C(F)F)cc1. The van der Waals surface area contributed by atoms with E-state index in [0.29, 0.717) is 5.75 Å². The minimum Gasteiger partial charge on any atom is -0.482 e. The first kappa shape index (κ1) is 23.7. The number of ether oxygens (including phenoxy) is 2. The molecule has 1 aromatic heterocycles. The largest absolute Gasteiger partial charge is 0.482 e. The molecule has 34 heavy (non-hydrogen) atoms. The summed E-state index contributed by atoms with van der Waals surface area (Å²) in [5.41, 5.74) is 2.10. The van der Waals surface area contributed by atoms with Crippen molar-refractivity contribution in [1.82, 2.24) is 0 Å². The van der Waals surface area contributed by atoms with Crippen LogP contribution in [0.15, 0.2) is 51.8 Å². The topological polar surface area (TPSA) is 112 Å². The highest BCUT2D eigenvalue weighted by Gasteiger charge is 2.26. The number of amides is 1. The second-order valence-corrected chi connectivity index (χ2v) is 9.61. The quantitative estimate of drug-likeness (QED) is 0.474. The van der Waals surface area contributed by atoms with Crippen molar-refractivity contribution >= 4 is 38.4 Å². The van der Waals surface area contributed by atoms with E-state index < -0.39 is 45.6 Å². The van der Waals surface area contributed by atoms with E-state index >= 15 is 0 Å². The van der Waals surface area contributed by atoms with Gasteiger partial charge in [0.05, 0.1) is 4.90 Å². The van der Waals surface area contributed by atoms with E-state index in [0.717, 1.165) is 66.7 Å². The van der Waals surface area contributed by atoms with Crippen LogP contribution in [0.25, 0.3) is 11.0 Å². The Bertz CT molecular complexity index is 1320. The number of aryl methyl sites for hydroxylation is 2. The summed E-state index contributed by atoms with van der Waals surface area (Å²) in [6, 6.07) is 9.51. The fourth-order valence-electron chi connectivity index (χ4n) is 3.69. The number of rotatable bonds is 8. The van der Waals surface area contributed by atoms with Crippen molar-refractivity contribution in [3.8, 4) is 5.75 Å². The number of hydrogen-bond donors (Lipinski definition) is 1. The molecule has 0 fully saturated rings. The highest BCUT2D eigenvalue weighted by molar-refractivity contribution is 7.91. The average Bonchev–Trinajstić information content (AvgIpc) is 3.19. The Balaban J connectivity index is 1.26. The number of halogens is 2. The number of alkyl halides is 2. The van der Waals surface area contributed by atoms with Crippen LogP contribution >= 0.6 is 0 Å². The molecule has 11 heteroatoms. The van der Waals surface area contributed by atoms with Crippen LogP contribution < -0.4 is 10.1 Å². The maximum absolute atomic E-state index is 12.6. The number of hydrogen-bond acceptors (Lipinski definition) is 7. The van der Waals surface area contributed by atoms with Crippen LogP contribution in [0, 0.1) is 0 Å². The molecule has 3 aromatic rings. The van der Waals surface area contributed by atoms with E-state index in [9.17, 15) is 26.8 Å². The summed E-state index contributed by atoms with van der Waals surface area (Å²) in [5, 5.41) is 3.34. The predicted molar refractivity (Wildman–Crippen MR) is 118 cm³/mol. The van der Waals surface area contributed by atoms with Crippen molar-refractivity contribution in [1.29, 1.82) is 0 Å². The van der Waals surface area contributed by atoms with Crippen LogP contribution in [0.4, 0.5) is 14.5 Å². The van der Waals surface area contributed by atoms with E-state index in [4.69, 9.17) is 13.9 Å². The van der Waals surface area contributed by atoms with Gasteiger partial charge < -0.3 is 19.2 Å². The normalized spacial score (nSPS) is 13.5. The van der Waals surface area contributed by atoms with Gasteiger partial charge in [0, 0.05) is 23.1 Å². The molecule has 1 amide bonds. The lowest BCUT2D eigenvalue weighted by Crippen LogP contribution is -2.23. The predicted octanol–water partition coefficient (Wildman–Crippen LogP) is 3.87. The van der Waals surface area contributed by atoms with Crippen LogP contribution in [-0.4, -0.2) is 39.3 Å². The molecule has 4 rings (SSSR count). The number of carbonyl (C=O) groups excluding carboxylic acids is 2. The number of carbonyl (C=O) groups is 2. The van der Waals surface area contributed by atoms with E-state index in [1.807, 2.05) is 6.07 Å². The van der Waals surface area contributed by atoms with Gasteiger partial charge in [0.2, 0.25) is 9.84 Å². The van der Waals surface area contributed by atoms with Crippen LogP contribution in [-0.2, 0) is 37.0 Å². The average molecular weight is 493 g/mol. The van der Waals surface area contributed by atoms with Crippen LogP contribution in [0.5, 0.6) is 5.75 Å². The lowest BCUT2D eigenvalue weighted by Gasteiger charge is -2.10. The molecule has 0 unspecified atom stereocenters. The third-order valence-corrected chi connectivity index (χ3v) is 6.75.